The minimum Gasteiger partial charge on any atom is -0.492 e. The molecule has 0 aromatic heterocycles. The molecule has 0 amide bonds. The first kappa shape index (κ1) is 15.5. The third-order valence-corrected chi connectivity index (χ3v) is 3.50. The highest BCUT2D eigenvalue weighted by molar-refractivity contribution is 7.89. The molecule has 1 aromatic carbocycles. The van der Waals surface area contributed by atoms with Gasteiger partial charge in [0.1, 0.15) is 5.75 Å². The minimum absolute atomic E-state index is 0.0849. The van der Waals surface area contributed by atoms with Gasteiger partial charge in [-0.1, -0.05) is 20.8 Å². The van der Waals surface area contributed by atoms with Crippen LogP contribution in [0.2, 0.25) is 0 Å². The summed E-state index contributed by atoms with van der Waals surface area (Å²) < 4.78 is 28.4. The molecule has 0 atom stereocenters. The largest absolute Gasteiger partial charge is 0.492 e. The SMILES string of the molecule is C#CCCOc1ccc(S(N)(=O)=O)cc1C(C)(C)C. The van der Waals surface area contributed by atoms with Crippen molar-refractivity contribution in [3.05, 3.63) is 23.8 Å². The van der Waals surface area contributed by atoms with E-state index < -0.39 is 10.0 Å². The quantitative estimate of drug-likeness (QED) is 0.678. The van der Waals surface area contributed by atoms with Gasteiger partial charge in [-0.25, -0.2) is 13.6 Å². The van der Waals surface area contributed by atoms with E-state index in [-0.39, 0.29) is 10.3 Å². The van der Waals surface area contributed by atoms with E-state index >= 15 is 0 Å². The highest BCUT2D eigenvalue weighted by Gasteiger charge is 2.21. The van der Waals surface area contributed by atoms with Crippen molar-refractivity contribution in [3.63, 3.8) is 0 Å². The number of nitrogens with two attached hydrogens (primary N) is 1. The summed E-state index contributed by atoms with van der Waals surface area (Å²) >= 11 is 0. The number of sulfonamides is 1. The second kappa shape index (κ2) is 5.64. The second-order valence-corrected chi connectivity index (χ2v) is 6.82. The molecule has 0 aliphatic carbocycles. The van der Waals surface area contributed by atoms with Crippen LogP contribution < -0.4 is 9.88 Å². The number of benzene rings is 1. The summed E-state index contributed by atoms with van der Waals surface area (Å²) in [5.74, 6) is 3.13. The Kier molecular flexibility index (Phi) is 4.61. The van der Waals surface area contributed by atoms with Gasteiger partial charge in [-0.3, -0.25) is 0 Å². The third-order valence-electron chi connectivity index (χ3n) is 2.59. The summed E-state index contributed by atoms with van der Waals surface area (Å²) in [6, 6.07) is 4.62. The lowest BCUT2D eigenvalue weighted by atomic mass is 9.86. The Morgan fingerprint density at radius 2 is 2.00 bits per heavy atom. The molecule has 1 aromatic rings. The van der Waals surface area contributed by atoms with Crippen LogP contribution in [0, 0.1) is 12.3 Å². The Hall–Kier alpha value is -1.51. The Labute approximate surface area is 115 Å². The molecule has 0 saturated carbocycles. The predicted molar refractivity (Wildman–Crippen MR) is 75.5 cm³/mol. The molecule has 0 spiro atoms. The fourth-order valence-corrected chi connectivity index (χ4v) is 2.16. The van der Waals surface area contributed by atoms with Gasteiger partial charge in [-0.05, 0) is 23.6 Å². The maximum Gasteiger partial charge on any atom is 0.238 e. The van der Waals surface area contributed by atoms with Gasteiger partial charge in [0.25, 0.3) is 0 Å². The highest BCUT2D eigenvalue weighted by atomic mass is 32.2. The van der Waals surface area contributed by atoms with E-state index in [0.717, 1.165) is 5.56 Å². The summed E-state index contributed by atoms with van der Waals surface area (Å²) in [6.45, 7) is 6.32. The number of hydrogen-bond acceptors (Lipinski definition) is 3. The zero-order valence-electron chi connectivity index (χ0n) is 11.4. The van der Waals surface area contributed by atoms with Gasteiger partial charge in [0.05, 0.1) is 11.5 Å². The standard InChI is InChI=1S/C14H19NO3S/c1-5-6-9-18-13-8-7-11(19(15,16)17)10-12(13)14(2,3)4/h1,7-8,10H,6,9H2,2-4H3,(H2,15,16,17). The molecule has 0 aliphatic heterocycles. The van der Waals surface area contributed by atoms with Gasteiger partial charge in [0.2, 0.25) is 10.0 Å². The molecule has 5 heteroatoms. The van der Waals surface area contributed by atoms with Crippen LogP contribution in [0.15, 0.2) is 23.1 Å². The van der Waals surface area contributed by atoms with Crippen molar-refractivity contribution >= 4 is 10.0 Å². The highest BCUT2D eigenvalue weighted by Crippen LogP contribution is 2.33. The molecular weight excluding hydrogens is 262 g/mol. The van der Waals surface area contributed by atoms with Gasteiger partial charge in [-0.2, -0.15) is 0 Å². The molecule has 4 nitrogen and oxygen atoms in total. The minimum atomic E-state index is -3.72. The number of rotatable bonds is 4. The van der Waals surface area contributed by atoms with E-state index in [4.69, 9.17) is 16.3 Å². The fraction of sp³-hybridized carbons (Fsp3) is 0.429. The summed E-state index contributed by atoms with van der Waals surface area (Å²) in [4.78, 5) is 0.0849. The van der Waals surface area contributed by atoms with Crippen LogP contribution in [0.3, 0.4) is 0 Å². The van der Waals surface area contributed by atoms with Crippen molar-refractivity contribution < 1.29 is 13.2 Å². The second-order valence-electron chi connectivity index (χ2n) is 5.26. The van der Waals surface area contributed by atoms with Crippen LogP contribution in [-0.4, -0.2) is 15.0 Å². The van der Waals surface area contributed by atoms with Crippen molar-refractivity contribution in [2.45, 2.75) is 37.5 Å². The van der Waals surface area contributed by atoms with E-state index in [1.807, 2.05) is 20.8 Å². The zero-order valence-corrected chi connectivity index (χ0v) is 12.3. The average molecular weight is 281 g/mol. The summed E-state index contributed by atoms with van der Waals surface area (Å²) in [5, 5.41) is 5.15. The van der Waals surface area contributed by atoms with Gasteiger partial charge >= 0.3 is 0 Å². The predicted octanol–water partition coefficient (Wildman–Crippen LogP) is 2.03. The topological polar surface area (TPSA) is 69.4 Å². The van der Waals surface area contributed by atoms with Crippen LogP contribution in [0.1, 0.15) is 32.8 Å². The monoisotopic (exact) mass is 281 g/mol. The molecule has 0 saturated heterocycles. The lowest BCUT2D eigenvalue weighted by molar-refractivity contribution is 0.317. The van der Waals surface area contributed by atoms with Crippen molar-refractivity contribution in [3.8, 4) is 18.1 Å². The maximum atomic E-state index is 11.4. The summed E-state index contributed by atoms with van der Waals surface area (Å²) in [7, 11) is -3.72. The molecule has 0 bridgehead atoms. The number of primary sulfonamides is 1. The first-order valence-corrected chi connectivity index (χ1v) is 7.44. The molecule has 0 fully saturated rings. The smallest absolute Gasteiger partial charge is 0.238 e. The first-order valence-electron chi connectivity index (χ1n) is 5.90. The van der Waals surface area contributed by atoms with Crippen LogP contribution >= 0.6 is 0 Å². The lowest BCUT2D eigenvalue weighted by Gasteiger charge is -2.23. The number of hydrogen-bond donors (Lipinski definition) is 1. The van der Waals surface area contributed by atoms with E-state index in [2.05, 4.69) is 5.92 Å². The van der Waals surface area contributed by atoms with E-state index in [9.17, 15) is 8.42 Å². The van der Waals surface area contributed by atoms with E-state index in [0.29, 0.717) is 18.8 Å². The van der Waals surface area contributed by atoms with Gasteiger partial charge in [0.15, 0.2) is 0 Å². The van der Waals surface area contributed by atoms with Crippen LogP contribution in [0.4, 0.5) is 0 Å². The normalized spacial score (nSPS) is 11.9. The fourth-order valence-electron chi connectivity index (χ4n) is 1.62. The molecule has 0 aliphatic rings. The third kappa shape index (κ3) is 4.27. The van der Waals surface area contributed by atoms with Gasteiger partial charge in [0, 0.05) is 12.0 Å². The average Bonchev–Trinajstić information content (AvgIpc) is 2.27. The van der Waals surface area contributed by atoms with Crippen molar-refractivity contribution in [2.75, 3.05) is 6.61 Å². The molecule has 2 N–H and O–H groups in total. The molecule has 19 heavy (non-hydrogen) atoms. The zero-order chi connectivity index (χ0) is 14.7. The Balaban J connectivity index is 3.23. The Morgan fingerprint density at radius 3 is 2.47 bits per heavy atom. The van der Waals surface area contributed by atoms with Crippen molar-refractivity contribution in [1.82, 2.24) is 0 Å². The summed E-state index contributed by atoms with van der Waals surface area (Å²) in [6.07, 6.45) is 5.67. The molecule has 0 unspecified atom stereocenters. The Bertz CT molecular complexity index is 592. The molecule has 1 rings (SSSR count). The number of ether oxygens (including phenoxy) is 1. The maximum absolute atomic E-state index is 11.4. The van der Waals surface area contributed by atoms with Crippen LogP contribution in [0.5, 0.6) is 5.75 Å². The van der Waals surface area contributed by atoms with Crippen LogP contribution in [-0.2, 0) is 15.4 Å². The Morgan fingerprint density at radius 1 is 1.37 bits per heavy atom. The van der Waals surface area contributed by atoms with Gasteiger partial charge in [-0.15, -0.1) is 12.3 Å². The van der Waals surface area contributed by atoms with E-state index in [1.165, 1.54) is 6.07 Å². The molecule has 104 valence electrons. The molecule has 0 radical (unpaired) electrons. The molecular formula is C14H19NO3S. The summed E-state index contributed by atoms with van der Waals surface area (Å²) in [5.41, 5.74) is 0.530. The lowest BCUT2D eigenvalue weighted by Crippen LogP contribution is -2.17. The van der Waals surface area contributed by atoms with Crippen molar-refractivity contribution in [1.29, 1.82) is 0 Å². The van der Waals surface area contributed by atoms with E-state index in [1.54, 1.807) is 12.1 Å². The van der Waals surface area contributed by atoms with Crippen LogP contribution in [0.25, 0.3) is 0 Å². The number of terminal acetylenes is 1. The van der Waals surface area contributed by atoms with Gasteiger partial charge < -0.3 is 4.74 Å². The first-order chi connectivity index (χ1) is 8.66. The van der Waals surface area contributed by atoms with Crippen molar-refractivity contribution in [2.24, 2.45) is 5.14 Å². The molecule has 0 heterocycles.